The van der Waals surface area contributed by atoms with Crippen LogP contribution in [0.25, 0.3) is 11.0 Å². The Morgan fingerprint density at radius 1 is 1.05 bits per heavy atom. The lowest BCUT2D eigenvalue weighted by molar-refractivity contribution is -0.136. The molecule has 4 aromatic rings. The highest BCUT2D eigenvalue weighted by Gasteiger charge is 2.40. The number of aliphatic hydroxyl groups is 1. The Kier molecular flexibility index (Phi) is 8.34. The molecule has 43 heavy (non-hydrogen) atoms. The number of anilines is 2. The smallest absolute Gasteiger partial charge is 0.371 e. The molecule has 224 valence electrons. The number of ether oxygens (including phenoxy) is 1. The van der Waals surface area contributed by atoms with Gasteiger partial charge in [0.05, 0.1) is 6.42 Å². The molecule has 0 unspecified atom stereocenters. The lowest BCUT2D eigenvalue weighted by atomic mass is 9.91. The van der Waals surface area contributed by atoms with Gasteiger partial charge in [0.25, 0.3) is 5.91 Å². The first kappa shape index (κ1) is 30.3. The van der Waals surface area contributed by atoms with E-state index in [0.717, 1.165) is 16.7 Å². The highest BCUT2D eigenvalue weighted by atomic mass is 35.5. The van der Waals surface area contributed by atoms with Gasteiger partial charge < -0.3 is 29.6 Å². The second kappa shape index (κ2) is 11.8. The molecule has 1 aromatic heterocycles. The molecule has 2 atom stereocenters. The van der Waals surface area contributed by atoms with Crippen LogP contribution in [0.1, 0.15) is 59.2 Å². The van der Waals surface area contributed by atoms with Crippen molar-refractivity contribution >= 4 is 51.7 Å². The van der Waals surface area contributed by atoms with Crippen LogP contribution < -0.4 is 10.2 Å². The van der Waals surface area contributed by atoms with Crippen LogP contribution in [-0.2, 0) is 14.3 Å². The van der Waals surface area contributed by atoms with Gasteiger partial charge in [0.1, 0.15) is 17.8 Å². The number of furan rings is 1. The predicted molar refractivity (Wildman–Crippen MR) is 164 cm³/mol. The largest absolute Gasteiger partial charge is 0.475 e. The van der Waals surface area contributed by atoms with Gasteiger partial charge in [-0.1, -0.05) is 43.6 Å². The molecule has 0 saturated carbocycles. The van der Waals surface area contributed by atoms with Gasteiger partial charge in [0.2, 0.25) is 11.7 Å². The van der Waals surface area contributed by atoms with Crippen molar-refractivity contribution in [3.05, 3.63) is 93.7 Å². The van der Waals surface area contributed by atoms with E-state index < -0.39 is 35.4 Å². The molecule has 1 aliphatic heterocycles. The average molecular weight is 605 g/mol. The summed E-state index contributed by atoms with van der Waals surface area (Å²) in [5.41, 5.74) is 4.32. The minimum atomic E-state index is -1.19. The summed E-state index contributed by atoms with van der Waals surface area (Å²) in [7, 11) is 0. The first-order valence-electron chi connectivity index (χ1n) is 13.9. The van der Waals surface area contributed by atoms with Crippen LogP contribution in [0.5, 0.6) is 0 Å². The van der Waals surface area contributed by atoms with Gasteiger partial charge in [-0.2, -0.15) is 0 Å². The molecule has 1 aliphatic rings. The normalized spacial score (nSPS) is 17.1. The highest BCUT2D eigenvalue weighted by molar-refractivity contribution is 6.30. The van der Waals surface area contributed by atoms with Crippen LogP contribution in [-0.4, -0.2) is 47.3 Å². The van der Waals surface area contributed by atoms with E-state index in [4.69, 9.17) is 20.8 Å². The van der Waals surface area contributed by atoms with E-state index in [9.17, 15) is 24.6 Å². The van der Waals surface area contributed by atoms with E-state index in [-0.39, 0.29) is 25.3 Å². The topological polar surface area (TPSA) is 129 Å². The number of nitrogens with one attached hydrogen (secondary N) is 1. The Morgan fingerprint density at radius 2 is 1.81 bits per heavy atom. The van der Waals surface area contributed by atoms with Crippen molar-refractivity contribution < 1.29 is 33.8 Å². The summed E-state index contributed by atoms with van der Waals surface area (Å²) < 4.78 is 11.9. The third-order valence-electron chi connectivity index (χ3n) is 7.73. The Bertz CT molecular complexity index is 1730. The van der Waals surface area contributed by atoms with Gasteiger partial charge in [0, 0.05) is 45.9 Å². The number of carboxylic acid groups (broad SMARTS) is 1. The van der Waals surface area contributed by atoms with Gasteiger partial charge in [-0.25, -0.2) is 4.79 Å². The first-order chi connectivity index (χ1) is 20.4. The Balaban J connectivity index is 1.52. The van der Waals surface area contributed by atoms with E-state index in [1.807, 2.05) is 45.9 Å². The molecule has 0 saturated heterocycles. The number of fused-ring (bicyclic) bond motifs is 2. The number of benzene rings is 3. The summed E-state index contributed by atoms with van der Waals surface area (Å²) in [4.78, 5) is 40.4. The summed E-state index contributed by atoms with van der Waals surface area (Å²) in [5, 5.41) is 23.1. The van der Waals surface area contributed by atoms with Gasteiger partial charge in [-0.05, 0) is 73.0 Å². The molecule has 10 heteroatoms. The molecule has 0 fully saturated rings. The summed E-state index contributed by atoms with van der Waals surface area (Å²) in [6, 6.07) is 17.3. The van der Waals surface area contributed by atoms with Crippen molar-refractivity contribution in [2.24, 2.45) is 5.41 Å². The molecule has 9 nitrogen and oxygen atoms in total. The molecule has 0 spiro atoms. The highest BCUT2D eigenvalue weighted by Crippen LogP contribution is 2.42. The number of aliphatic hydroxyl groups excluding tert-OH is 1. The van der Waals surface area contributed by atoms with Crippen LogP contribution in [0.15, 0.2) is 65.1 Å². The molecule has 2 heterocycles. The second-order valence-corrected chi connectivity index (χ2v) is 12.1. The predicted octanol–water partition coefficient (Wildman–Crippen LogP) is 6.27. The zero-order chi connectivity index (χ0) is 31.1. The maximum Gasteiger partial charge on any atom is 0.371 e. The van der Waals surface area contributed by atoms with Crippen molar-refractivity contribution in [2.45, 2.75) is 46.3 Å². The van der Waals surface area contributed by atoms with Crippen molar-refractivity contribution in [2.75, 3.05) is 23.4 Å². The number of carbonyl (C=O) groups is 3. The Labute approximate surface area is 254 Å². The van der Waals surface area contributed by atoms with Gasteiger partial charge in [0.15, 0.2) is 0 Å². The first-order valence-corrected chi connectivity index (χ1v) is 14.2. The number of nitrogens with zero attached hydrogens (tertiary/aromatic N) is 1. The van der Waals surface area contributed by atoms with E-state index in [0.29, 0.717) is 32.9 Å². The van der Waals surface area contributed by atoms with Gasteiger partial charge in [-0.3, -0.25) is 9.59 Å². The van der Waals surface area contributed by atoms with E-state index in [2.05, 4.69) is 5.32 Å². The van der Waals surface area contributed by atoms with Crippen molar-refractivity contribution in [3.63, 3.8) is 0 Å². The van der Waals surface area contributed by atoms with Gasteiger partial charge in [-0.15, -0.1) is 0 Å². The number of halogens is 1. The van der Waals surface area contributed by atoms with E-state index in [1.165, 1.54) is 6.07 Å². The van der Waals surface area contributed by atoms with E-state index in [1.54, 1.807) is 41.3 Å². The zero-order valence-electron chi connectivity index (χ0n) is 24.3. The van der Waals surface area contributed by atoms with Crippen molar-refractivity contribution in [1.29, 1.82) is 0 Å². The lowest BCUT2D eigenvalue weighted by Gasteiger charge is -2.32. The van der Waals surface area contributed by atoms with Crippen molar-refractivity contribution in [1.82, 2.24) is 0 Å². The van der Waals surface area contributed by atoms with Crippen LogP contribution in [0.3, 0.4) is 0 Å². The molecule has 3 aromatic carbocycles. The fraction of sp³-hybridized carbons (Fsp3) is 0.303. The molecular weight excluding hydrogens is 572 g/mol. The monoisotopic (exact) mass is 604 g/mol. The van der Waals surface area contributed by atoms with Crippen molar-refractivity contribution in [3.8, 4) is 0 Å². The maximum atomic E-state index is 14.2. The van der Waals surface area contributed by atoms with E-state index >= 15 is 0 Å². The third kappa shape index (κ3) is 6.29. The number of rotatable bonds is 8. The summed E-state index contributed by atoms with van der Waals surface area (Å²) in [6.45, 7) is 7.71. The zero-order valence-corrected chi connectivity index (χ0v) is 25.1. The Morgan fingerprint density at radius 3 is 2.53 bits per heavy atom. The average Bonchev–Trinajstić information content (AvgIpc) is 3.36. The van der Waals surface area contributed by atoms with Crippen LogP contribution in [0.4, 0.5) is 11.4 Å². The fourth-order valence-corrected chi connectivity index (χ4v) is 5.43. The summed E-state index contributed by atoms with van der Waals surface area (Å²) in [5.74, 6) is -2.28. The number of carboxylic acids is 1. The minimum absolute atomic E-state index is 0.161. The molecular formula is C33H33ClN2O7. The lowest BCUT2D eigenvalue weighted by Crippen LogP contribution is -2.46. The minimum Gasteiger partial charge on any atom is -0.475 e. The van der Waals surface area contributed by atoms with Crippen LogP contribution >= 0.6 is 11.6 Å². The number of aryl methyl sites for hydroxylation is 1. The molecule has 0 bridgehead atoms. The standard InChI is InChI=1S/C33H33ClN2O7/c1-18-6-5-7-23(19(18)2)30-24-14-21(34)8-10-25(24)36(16-33(3,4)17-37)31(39)27(43-30)15-29(38)35-22-9-11-26-20(12-22)13-28(42-26)32(40)41/h5-14,27,30,37H,15-17H2,1-4H3,(H,35,38)(H,40,41)/t27-,30-/m1/s1. The molecule has 5 rings (SSSR count). The second-order valence-electron chi connectivity index (χ2n) is 11.7. The molecule has 3 N–H and O–H groups in total. The number of amides is 2. The molecule has 0 radical (unpaired) electrons. The molecule has 0 aliphatic carbocycles. The van der Waals surface area contributed by atoms with Crippen LogP contribution in [0, 0.1) is 19.3 Å². The number of carbonyl (C=O) groups excluding carboxylic acids is 2. The maximum absolute atomic E-state index is 14.2. The Hall–Kier alpha value is -4.18. The SMILES string of the molecule is Cc1cccc([C@H]2O[C@H](CC(=O)Nc3ccc4oc(C(=O)O)cc4c3)C(=O)N(CC(C)(C)CO)c3ccc(Cl)cc32)c1C. The van der Waals surface area contributed by atoms with Gasteiger partial charge >= 0.3 is 5.97 Å². The summed E-state index contributed by atoms with van der Waals surface area (Å²) >= 11 is 6.47. The number of hydrogen-bond acceptors (Lipinski definition) is 6. The number of hydrogen-bond donors (Lipinski definition) is 3. The number of aromatic carboxylic acids is 1. The fourth-order valence-electron chi connectivity index (χ4n) is 5.25. The summed E-state index contributed by atoms with van der Waals surface area (Å²) in [6.07, 6.45) is -2.15. The molecule has 2 amide bonds. The quantitative estimate of drug-likeness (QED) is 0.216. The van der Waals surface area contributed by atoms with Crippen LogP contribution in [0.2, 0.25) is 5.02 Å². The third-order valence-corrected chi connectivity index (χ3v) is 7.96.